The molecule has 0 aliphatic heterocycles. The first-order valence-corrected chi connectivity index (χ1v) is 22.6. The van der Waals surface area contributed by atoms with Gasteiger partial charge in [0.25, 0.3) is 0 Å². The summed E-state index contributed by atoms with van der Waals surface area (Å²) in [5.41, 5.74) is 0.125. The van der Waals surface area contributed by atoms with Gasteiger partial charge in [-0.3, -0.25) is 19.2 Å². The van der Waals surface area contributed by atoms with Crippen LogP contribution in [0.4, 0.5) is 30.6 Å². The number of ether oxygens (including phenoxy) is 5. The topological polar surface area (TPSA) is 288 Å². The minimum absolute atomic E-state index is 0. The van der Waals surface area contributed by atoms with E-state index in [-0.39, 0.29) is 86.2 Å². The molecule has 0 unspecified atom stereocenters. The van der Waals surface area contributed by atoms with Gasteiger partial charge >= 0.3 is 65.9 Å². The molecule has 6 N–H and O–H groups in total. The van der Waals surface area contributed by atoms with Gasteiger partial charge in [-0.15, -0.1) is 0 Å². The number of hydrogen-bond acceptors (Lipinski definition) is 14. The zero-order valence-corrected chi connectivity index (χ0v) is 46.5. The Bertz CT molecular complexity index is 2020. The molecule has 21 nitrogen and oxygen atoms in total. The fourth-order valence-corrected chi connectivity index (χ4v) is 5.78. The SMILES string of the molecule is COC(=O)[C@@H](C)Cc1ccc(N(CCNC(=O)OC(C)(C)C)C(=O)CNC(=O)OC(C)(C)C)cc1.C[C@@H](Cc1ccc(N(CCNC(=O)OC(C)(C)C)C(=O)CNC(=O)OC(C)(C)C)cc1)C(=O)O.[Na+].[OH-]. The van der Waals surface area contributed by atoms with E-state index in [9.17, 15) is 38.4 Å². The average Bonchev–Trinajstić information content (AvgIpc) is 3.20. The molecule has 2 rings (SSSR count). The molecule has 2 atom stereocenters. The van der Waals surface area contributed by atoms with E-state index in [1.807, 2.05) is 12.1 Å². The van der Waals surface area contributed by atoms with E-state index in [2.05, 4.69) is 21.3 Å². The first kappa shape index (κ1) is 67.4. The molecule has 2 aromatic carbocycles. The number of methoxy groups -OCH3 is 1. The van der Waals surface area contributed by atoms with Crippen molar-refractivity contribution in [2.24, 2.45) is 11.8 Å². The Balaban J connectivity index is 0. The Morgan fingerprint density at radius 2 is 0.789 bits per heavy atom. The number of alkyl carbamates (subject to hydrolysis) is 4. The normalized spacial score (nSPS) is 11.9. The van der Waals surface area contributed by atoms with Crippen LogP contribution >= 0.6 is 0 Å². The van der Waals surface area contributed by atoms with Crippen molar-refractivity contribution in [3.63, 3.8) is 0 Å². The fraction of sp³-hybridized carbons (Fsp3) is 0.592. The van der Waals surface area contributed by atoms with Crippen molar-refractivity contribution in [2.75, 3.05) is 56.2 Å². The van der Waals surface area contributed by atoms with Gasteiger partial charge in [-0.2, -0.15) is 0 Å². The number of carbonyl (C=O) groups excluding carboxylic acids is 7. The molecule has 2 aromatic rings. The summed E-state index contributed by atoms with van der Waals surface area (Å²) in [4.78, 5) is 99.3. The Hall–Kier alpha value is -5.64. The van der Waals surface area contributed by atoms with Crippen LogP contribution in [0, 0.1) is 11.8 Å². The molecule has 0 radical (unpaired) electrons. The van der Waals surface area contributed by atoms with Gasteiger partial charge < -0.3 is 65.3 Å². The van der Waals surface area contributed by atoms with Crippen LogP contribution in [0.1, 0.15) is 108 Å². The third kappa shape index (κ3) is 30.7. The predicted octanol–water partition coefficient (Wildman–Crippen LogP) is 3.58. The Morgan fingerprint density at radius 3 is 1.06 bits per heavy atom. The van der Waals surface area contributed by atoms with Crippen LogP contribution < -0.4 is 60.6 Å². The fourth-order valence-electron chi connectivity index (χ4n) is 5.78. The van der Waals surface area contributed by atoms with Gasteiger partial charge in [0.2, 0.25) is 11.8 Å². The van der Waals surface area contributed by atoms with E-state index in [0.717, 1.165) is 11.1 Å². The third-order valence-corrected chi connectivity index (χ3v) is 8.78. The molecule has 0 saturated heterocycles. The van der Waals surface area contributed by atoms with Gasteiger partial charge in [0.15, 0.2) is 0 Å². The molecule has 71 heavy (non-hydrogen) atoms. The van der Waals surface area contributed by atoms with Crippen LogP contribution in [0.3, 0.4) is 0 Å². The number of nitrogens with zero attached hydrogens (tertiary/aromatic N) is 2. The van der Waals surface area contributed by atoms with Crippen molar-refractivity contribution in [3.8, 4) is 0 Å². The number of rotatable bonds is 18. The summed E-state index contributed by atoms with van der Waals surface area (Å²) in [5, 5.41) is 19.2. The maximum Gasteiger partial charge on any atom is 1.00 e. The van der Waals surface area contributed by atoms with E-state index in [1.54, 1.807) is 133 Å². The summed E-state index contributed by atoms with van der Waals surface area (Å²) in [6.07, 6.45) is -1.78. The van der Waals surface area contributed by atoms with Crippen molar-refractivity contribution in [1.29, 1.82) is 0 Å². The summed E-state index contributed by atoms with van der Waals surface area (Å²) in [7, 11) is 1.35. The van der Waals surface area contributed by atoms with Crippen LogP contribution in [-0.2, 0) is 55.7 Å². The molecule has 0 bridgehead atoms. The second kappa shape index (κ2) is 31.0. The van der Waals surface area contributed by atoms with Crippen molar-refractivity contribution in [3.05, 3.63) is 59.7 Å². The van der Waals surface area contributed by atoms with E-state index >= 15 is 0 Å². The molecular formula is C49H77N6NaO15. The molecule has 0 heterocycles. The predicted molar refractivity (Wildman–Crippen MR) is 262 cm³/mol. The largest absolute Gasteiger partial charge is 1.00 e. The molecule has 0 fully saturated rings. The Morgan fingerprint density at radius 1 is 0.507 bits per heavy atom. The molecule has 0 aromatic heterocycles. The molecule has 0 aliphatic rings. The number of nitrogens with one attached hydrogen (secondary N) is 4. The van der Waals surface area contributed by atoms with Crippen LogP contribution in [0.5, 0.6) is 0 Å². The number of anilines is 2. The molecule has 394 valence electrons. The minimum Gasteiger partial charge on any atom is -0.870 e. The number of benzene rings is 2. The zero-order valence-electron chi connectivity index (χ0n) is 44.5. The van der Waals surface area contributed by atoms with Crippen LogP contribution in [0.15, 0.2) is 48.5 Å². The average molecular weight is 1010 g/mol. The molecule has 0 aliphatic carbocycles. The minimum atomic E-state index is -0.887. The summed E-state index contributed by atoms with van der Waals surface area (Å²) in [6, 6.07) is 14.0. The number of carbonyl (C=O) groups is 8. The second-order valence-corrected chi connectivity index (χ2v) is 20.1. The monoisotopic (exact) mass is 1010 g/mol. The van der Waals surface area contributed by atoms with Gasteiger partial charge in [0.05, 0.1) is 18.9 Å². The molecule has 6 amide bonds. The number of amides is 6. The zero-order chi connectivity index (χ0) is 52.9. The third-order valence-electron chi connectivity index (χ3n) is 8.78. The number of carboxylic acid groups (broad SMARTS) is 1. The van der Waals surface area contributed by atoms with Crippen LogP contribution in [0.25, 0.3) is 0 Å². The Labute approximate surface area is 440 Å². The maximum absolute atomic E-state index is 13.0. The van der Waals surface area contributed by atoms with Gasteiger partial charge in [-0.1, -0.05) is 38.1 Å². The van der Waals surface area contributed by atoms with Crippen molar-refractivity contribution in [2.45, 2.75) is 132 Å². The van der Waals surface area contributed by atoms with Crippen molar-refractivity contribution >= 4 is 59.5 Å². The van der Waals surface area contributed by atoms with Gasteiger partial charge in [-0.05, 0) is 131 Å². The number of aliphatic carboxylic acids is 1. The summed E-state index contributed by atoms with van der Waals surface area (Å²) < 4.78 is 25.5. The van der Waals surface area contributed by atoms with E-state index in [1.165, 1.54) is 16.9 Å². The maximum atomic E-state index is 13.0. The molecule has 0 spiro atoms. The van der Waals surface area contributed by atoms with E-state index < -0.39 is 70.5 Å². The van der Waals surface area contributed by atoms with Crippen molar-refractivity contribution < 1.29 is 102 Å². The number of hydrogen-bond donors (Lipinski definition) is 5. The van der Waals surface area contributed by atoms with Crippen molar-refractivity contribution in [1.82, 2.24) is 21.3 Å². The summed E-state index contributed by atoms with van der Waals surface area (Å²) in [6.45, 7) is 24.2. The number of carboxylic acids is 1. The molecular weight excluding hydrogens is 936 g/mol. The standard InChI is InChI=1S/C25H39N3O7.C24H37N3O7.Na.H2O/c1-17(21(30)33-8)15-18-9-11-19(12-10-18)28(14-13-26-22(31)34-24(2,3)4)20(29)16-27-23(32)35-25(5,6)7;1-16(20(29)30)14-17-8-10-18(11-9-17)27(13-12-25-21(31)33-23(2,3)4)19(28)15-26-22(32)34-24(5,6)7;;/h9-12,17H,13-16H2,1-8H3,(H,26,31)(H,27,32);8-11,16H,12-15H2,1-7H3,(H,25,31)(H,26,32)(H,29,30);;1H2/q;;+1;/p-1/t17-;16-;;/m00../s1. The van der Waals surface area contributed by atoms with E-state index in [0.29, 0.717) is 24.2 Å². The Kier molecular flexibility index (Phi) is 29.4. The first-order valence-electron chi connectivity index (χ1n) is 22.6. The summed E-state index contributed by atoms with van der Waals surface area (Å²) in [5.74, 6) is -2.84. The van der Waals surface area contributed by atoms with E-state index in [4.69, 9.17) is 28.8 Å². The van der Waals surface area contributed by atoms with Crippen LogP contribution in [-0.4, -0.2) is 127 Å². The molecule has 22 heteroatoms. The number of esters is 1. The molecule has 0 saturated carbocycles. The van der Waals surface area contributed by atoms with Gasteiger partial charge in [-0.25, -0.2) is 19.2 Å². The quantitative estimate of drug-likeness (QED) is 0.0811. The first-order chi connectivity index (χ1) is 31.7. The second-order valence-electron chi connectivity index (χ2n) is 20.1. The van der Waals surface area contributed by atoms with Gasteiger partial charge in [0.1, 0.15) is 35.5 Å². The van der Waals surface area contributed by atoms with Gasteiger partial charge in [0, 0.05) is 37.6 Å². The van der Waals surface area contributed by atoms with Crippen LogP contribution in [0.2, 0.25) is 0 Å². The summed E-state index contributed by atoms with van der Waals surface area (Å²) >= 11 is 0. The smallest absolute Gasteiger partial charge is 0.870 e.